The van der Waals surface area contributed by atoms with Crippen molar-refractivity contribution in [3.63, 3.8) is 0 Å². The average Bonchev–Trinajstić information content (AvgIpc) is 3.10. The summed E-state index contributed by atoms with van der Waals surface area (Å²) in [5.74, 6) is 0.00514. The third-order valence-corrected chi connectivity index (χ3v) is 4.72. The van der Waals surface area contributed by atoms with Crippen LogP contribution in [0.15, 0.2) is 27.1 Å². The summed E-state index contributed by atoms with van der Waals surface area (Å²) in [5.41, 5.74) is 1.08. The lowest BCUT2D eigenvalue weighted by Crippen LogP contribution is -2.30. The van der Waals surface area contributed by atoms with Crippen molar-refractivity contribution < 1.29 is 4.79 Å². The number of benzene rings is 1. The molecular weight excluding hydrogens is 358 g/mol. The van der Waals surface area contributed by atoms with Crippen molar-refractivity contribution in [2.45, 2.75) is 32.6 Å². The molecule has 1 aliphatic carbocycles. The third kappa shape index (κ3) is 3.35. The lowest BCUT2D eigenvalue weighted by atomic mass is 10.0. The molecular formula is C14H17Br2NO. The van der Waals surface area contributed by atoms with Crippen LogP contribution in [0, 0.1) is 5.41 Å². The normalized spacial score (nSPS) is 16.4. The standard InChI is InChI=1S/C14H17Br2NO/c1-2-5-14(6-7-14)9-17-13(18)11-8-10(15)3-4-12(11)16/h3-4,8H,2,5-7,9H2,1H3,(H,17,18). The van der Waals surface area contributed by atoms with Crippen molar-refractivity contribution >= 4 is 37.8 Å². The van der Waals surface area contributed by atoms with Crippen molar-refractivity contribution in [1.29, 1.82) is 0 Å². The number of amides is 1. The van der Waals surface area contributed by atoms with Crippen LogP contribution in [0.2, 0.25) is 0 Å². The van der Waals surface area contributed by atoms with E-state index in [-0.39, 0.29) is 5.91 Å². The van der Waals surface area contributed by atoms with Gasteiger partial charge in [-0.25, -0.2) is 0 Å². The van der Waals surface area contributed by atoms with Crippen molar-refractivity contribution in [1.82, 2.24) is 5.32 Å². The molecule has 98 valence electrons. The summed E-state index contributed by atoms with van der Waals surface area (Å²) in [6.45, 7) is 3.01. The van der Waals surface area contributed by atoms with Gasteiger partial charge in [-0.05, 0) is 58.8 Å². The molecule has 18 heavy (non-hydrogen) atoms. The highest BCUT2D eigenvalue weighted by Crippen LogP contribution is 2.48. The average molecular weight is 375 g/mol. The monoisotopic (exact) mass is 373 g/mol. The summed E-state index contributed by atoms with van der Waals surface area (Å²) in [7, 11) is 0. The van der Waals surface area contributed by atoms with Gasteiger partial charge in [-0.1, -0.05) is 29.3 Å². The maximum atomic E-state index is 12.1. The molecule has 1 saturated carbocycles. The largest absolute Gasteiger partial charge is 0.351 e. The summed E-state index contributed by atoms with van der Waals surface area (Å²) in [6, 6.07) is 5.65. The molecule has 0 bridgehead atoms. The Morgan fingerprint density at radius 2 is 2.11 bits per heavy atom. The van der Waals surface area contributed by atoms with Crippen LogP contribution in [0.5, 0.6) is 0 Å². The van der Waals surface area contributed by atoms with Gasteiger partial charge in [0.05, 0.1) is 5.56 Å². The molecule has 0 aromatic heterocycles. The van der Waals surface area contributed by atoms with Crippen LogP contribution in [0.3, 0.4) is 0 Å². The van der Waals surface area contributed by atoms with Crippen LogP contribution in [0.1, 0.15) is 43.0 Å². The van der Waals surface area contributed by atoms with Gasteiger partial charge in [-0.2, -0.15) is 0 Å². The smallest absolute Gasteiger partial charge is 0.252 e. The quantitative estimate of drug-likeness (QED) is 0.806. The van der Waals surface area contributed by atoms with Gasteiger partial charge in [0, 0.05) is 15.5 Å². The maximum absolute atomic E-state index is 12.1. The Bertz CT molecular complexity index is 455. The minimum Gasteiger partial charge on any atom is -0.351 e. The topological polar surface area (TPSA) is 29.1 Å². The second kappa shape index (κ2) is 5.74. The van der Waals surface area contributed by atoms with E-state index in [9.17, 15) is 4.79 Å². The van der Waals surface area contributed by atoms with E-state index in [1.165, 1.54) is 25.7 Å². The molecule has 1 N–H and O–H groups in total. The SMILES string of the molecule is CCCC1(CNC(=O)c2cc(Br)ccc2Br)CC1. The van der Waals surface area contributed by atoms with Gasteiger partial charge in [-0.15, -0.1) is 0 Å². The van der Waals surface area contributed by atoms with E-state index >= 15 is 0 Å². The summed E-state index contributed by atoms with van der Waals surface area (Å²) in [6.07, 6.45) is 4.91. The molecule has 0 atom stereocenters. The second-order valence-electron chi connectivity index (χ2n) is 5.06. The fourth-order valence-corrected chi connectivity index (χ4v) is 3.04. The van der Waals surface area contributed by atoms with Crippen LogP contribution < -0.4 is 5.32 Å². The van der Waals surface area contributed by atoms with E-state index in [0.29, 0.717) is 11.0 Å². The molecule has 0 heterocycles. The summed E-state index contributed by atoms with van der Waals surface area (Å²) in [5, 5.41) is 3.06. The molecule has 4 heteroatoms. The minimum absolute atomic E-state index is 0.00514. The van der Waals surface area contributed by atoms with Gasteiger partial charge < -0.3 is 5.32 Å². The van der Waals surface area contributed by atoms with Gasteiger partial charge in [0.25, 0.3) is 5.91 Å². The summed E-state index contributed by atoms with van der Waals surface area (Å²) >= 11 is 6.81. The van der Waals surface area contributed by atoms with Crippen LogP contribution in [-0.4, -0.2) is 12.5 Å². The molecule has 2 nitrogen and oxygen atoms in total. The number of hydrogen-bond donors (Lipinski definition) is 1. The molecule has 1 aromatic carbocycles. The maximum Gasteiger partial charge on any atom is 0.252 e. The van der Waals surface area contributed by atoms with Gasteiger partial charge in [0.15, 0.2) is 0 Å². The van der Waals surface area contributed by atoms with Crippen LogP contribution in [0.4, 0.5) is 0 Å². The minimum atomic E-state index is 0.00514. The van der Waals surface area contributed by atoms with E-state index in [2.05, 4.69) is 44.1 Å². The zero-order chi connectivity index (χ0) is 13.2. The number of halogens is 2. The highest BCUT2D eigenvalue weighted by Gasteiger charge is 2.41. The van der Waals surface area contributed by atoms with E-state index in [4.69, 9.17) is 0 Å². The zero-order valence-electron chi connectivity index (χ0n) is 10.4. The fourth-order valence-electron chi connectivity index (χ4n) is 2.26. The zero-order valence-corrected chi connectivity index (χ0v) is 13.6. The first-order chi connectivity index (χ1) is 8.56. The lowest BCUT2D eigenvalue weighted by molar-refractivity contribution is 0.0943. The number of carbonyl (C=O) groups excluding carboxylic acids is 1. The summed E-state index contributed by atoms with van der Waals surface area (Å²) < 4.78 is 1.76. The van der Waals surface area contributed by atoms with Gasteiger partial charge >= 0.3 is 0 Å². The van der Waals surface area contributed by atoms with Crippen LogP contribution >= 0.6 is 31.9 Å². The molecule has 0 aliphatic heterocycles. The van der Waals surface area contributed by atoms with E-state index in [1.807, 2.05) is 18.2 Å². The molecule has 1 amide bonds. The molecule has 0 radical (unpaired) electrons. The fraction of sp³-hybridized carbons (Fsp3) is 0.500. The van der Waals surface area contributed by atoms with Gasteiger partial charge in [0.2, 0.25) is 0 Å². The first-order valence-electron chi connectivity index (χ1n) is 6.29. The van der Waals surface area contributed by atoms with Crippen molar-refractivity contribution in [2.75, 3.05) is 6.54 Å². The van der Waals surface area contributed by atoms with Crippen LogP contribution in [-0.2, 0) is 0 Å². The summed E-state index contributed by atoms with van der Waals surface area (Å²) in [4.78, 5) is 12.1. The molecule has 0 spiro atoms. The Hall–Kier alpha value is -0.350. The van der Waals surface area contributed by atoms with Gasteiger partial charge in [-0.3, -0.25) is 4.79 Å². The third-order valence-electron chi connectivity index (χ3n) is 3.53. The first-order valence-corrected chi connectivity index (χ1v) is 7.88. The highest BCUT2D eigenvalue weighted by molar-refractivity contribution is 9.11. The Kier molecular flexibility index (Phi) is 4.49. The lowest BCUT2D eigenvalue weighted by Gasteiger charge is -2.15. The Labute approximate surface area is 125 Å². The van der Waals surface area contributed by atoms with E-state index < -0.39 is 0 Å². The Morgan fingerprint density at radius 1 is 1.39 bits per heavy atom. The van der Waals surface area contributed by atoms with Crippen molar-refractivity contribution in [3.8, 4) is 0 Å². The predicted molar refractivity (Wildman–Crippen MR) is 80.8 cm³/mol. The first kappa shape index (κ1) is 14.1. The number of rotatable bonds is 5. The number of carbonyl (C=O) groups is 1. The molecule has 1 aliphatic rings. The second-order valence-corrected chi connectivity index (χ2v) is 6.83. The van der Waals surface area contributed by atoms with Crippen molar-refractivity contribution in [2.24, 2.45) is 5.41 Å². The molecule has 1 aromatic rings. The van der Waals surface area contributed by atoms with E-state index in [1.54, 1.807) is 0 Å². The molecule has 1 fully saturated rings. The highest BCUT2D eigenvalue weighted by atomic mass is 79.9. The molecule has 2 rings (SSSR count). The molecule has 0 unspecified atom stereocenters. The van der Waals surface area contributed by atoms with Gasteiger partial charge in [0.1, 0.15) is 0 Å². The van der Waals surface area contributed by atoms with Crippen molar-refractivity contribution in [3.05, 3.63) is 32.7 Å². The predicted octanol–water partition coefficient (Wildman–Crippen LogP) is 4.52. The number of nitrogens with one attached hydrogen (secondary N) is 1. The Balaban J connectivity index is 1.98. The molecule has 0 saturated heterocycles. The van der Waals surface area contributed by atoms with Crippen LogP contribution in [0.25, 0.3) is 0 Å². The number of hydrogen-bond acceptors (Lipinski definition) is 1. The Morgan fingerprint density at radius 3 is 2.72 bits per heavy atom. The van der Waals surface area contributed by atoms with E-state index in [0.717, 1.165) is 15.5 Å².